The number of ether oxygens (including phenoxy) is 2. The van der Waals surface area contributed by atoms with Gasteiger partial charge in [0.15, 0.2) is 0 Å². The lowest BCUT2D eigenvalue weighted by molar-refractivity contribution is -0.153. The molecule has 0 radical (unpaired) electrons. The Balaban J connectivity index is 1.90. The largest absolute Gasteiger partial charge is 0.534 e. The Labute approximate surface area is 191 Å². The molecule has 0 bridgehead atoms. The van der Waals surface area contributed by atoms with Crippen LogP contribution in [0.4, 0.5) is 13.2 Å². The van der Waals surface area contributed by atoms with Crippen molar-refractivity contribution in [3.05, 3.63) is 23.5 Å². The van der Waals surface area contributed by atoms with Crippen LogP contribution in [0.3, 0.4) is 0 Å². The van der Waals surface area contributed by atoms with Crippen molar-refractivity contribution < 1.29 is 44.8 Å². The molecule has 0 amide bonds. The molecule has 11 heteroatoms. The van der Waals surface area contributed by atoms with Gasteiger partial charge in [-0.25, -0.2) is 0 Å². The van der Waals surface area contributed by atoms with Crippen LogP contribution in [0.2, 0.25) is 0 Å². The number of hydrogen-bond donors (Lipinski definition) is 0. The van der Waals surface area contributed by atoms with Crippen LogP contribution < -0.4 is 0 Å². The molecule has 3 aliphatic rings. The molecule has 0 spiro atoms. The molecule has 5 atom stereocenters. The van der Waals surface area contributed by atoms with E-state index in [1.807, 2.05) is 6.92 Å². The Kier molecular flexibility index (Phi) is 6.69. The third-order valence-corrected chi connectivity index (χ3v) is 8.88. The van der Waals surface area contributed by atoms with Crippen LogP contribution in [-0.2, 0) is 33.4 Å². The van der Waals surface area contributed by atoms with Crippen molar-refractivity contribution in [2.45, 2.75) is 57.9 Å². The van der Waals surface area contributed by atoms with Crippen LogP contribution >= 0.6 is 0 Å². The number of methoxy groups -OCH3 is 2. The zero-order chi connectivity index (χ0) is 24.8. The summed E-state index contributed by atoms with van der Waals surface area (Å²) >= 11 is 0. The molecule has 33 heavy (non-hydrogen) atoms. The minimum absolute atomic E-state index is 0.0497. The molecule has 0 aromatic carbocycles. The van der Waals surface area contributed by atoms with E-state index >= 15 is 0 Å². The molecule has 186 valence electrons. The molecule has 0 aliphatic heterocycles. The van der Waals surface area contributed by atoms with Crippen molar-refractivity contribution in [1.82, 2.24) is 0 Å². The van der Waals surface area contributed by atoms with Gasteiger partial charge in [-0.15, -0.1) is 0 Å². The van der Waals surface area contributed by atoms with Crippen LogP contribution in [0, 0.1) is 28.6 Å². The van der Waals surface area contributed by atoms with E-state index in [4.69, 9.17) is 9.47 Å². The number of alkyl halides is 3. The average molecular weight is 495 g/mol. The van der Waals surface area contributed by atoms with E-state index in [1.54, 1.807) is 13.0 Å². The van der Waals surface area contributed by atoms with Gasteiger partial charge in [-0.05, 0) is 61.9 Å². The minimum Gasteiger partial charge on any atom is -0.469 e. The summed E-state index contributed by atoms with van der Waals surface area (Å²) < 4.78 is 76.3. The van der Waals surface area contributed by atoms with Crippen molar-refractivity contribution in [1.29, 1.82) is 0 Å². The molecule has 0 heterocycles. The van der Waals surface area contributed by atoms with E-state index in [2.05, 4.69) is 4.18 Å². The third kappa shape index (κ3) is 4.40. The van der Waals surface area contributed by atoms with E-state index < -0.39 is 32.4 Å². The first-order chi connectivity index (χ1) is 15.2. The molecule has 5 unspecified atom stereocenters. The molecule has 0 saturated heterocycles. The monoisotopic (exact) mass is 494 g/mol. The lowest BCUT2D eigenvalue weighted by Crippen LogP contribution is -2.50. The first-order valence-electron chi connectivity index (χ1n) is 10.8. The highest BCUT2D eigenvalue weighted by Gasteiger charge is 2.58. The summed E-state index contributed by atoms with van der Waals surface area (Å²) in [5.74, 6) is -1.29. The second-order valence-corrected chi connectivity index (χ2v) is 11.1. The predicted octanol–water partition coefficient (Wildman–Crippen LogP) is 4.25. The molecular formula is C22H29F3O7S. The van der Waals surface area contributed by atoms with Crippen molar-refractivity contribution in [3.8, 4) is 0 Å². The fourth-order valence-corrected chi connectivity index (χ4v) is 6.63. The van der Waals surface area contributed by atoms with Crippen molar-refractivity contribution in [2.24, 2.45) is 28.6 Å². The number of carbonyl (C=O) groups is 2. The molecule has 3 rings (SSSR count). The number of carbonyl (C=O) groups excluding carboxylic acids is 2. The quantitative estimate of drug-likeness (QED) is 0.309. The summed E-state index contributed by atoms with van der Waals surface area (Å²) in [6.07, 6.45) is 5.33. The van der Waals surface area contributed by atoms with Crippen LogP contribution in [-0.4, -0.2) is 40.1 Å². The maximum Gasteiger partial charge on any atom is 0.534 e. The molecule has 3 aliphatic carbocycles. The van der Waals surface area contributed by atoms with Gasteiger partial charge in [0, 0.05) is 11.8 Å². The number of halogens is 3. The maximum atomic E-state index is 12.9. The first-order valence-corrected chi connectivity index (χ1v) is 12.2. The SMILES string of the molecule is COC(=O)CC1CCC2C3=CC=C(OS(=O)(=O)C(F)(F)F)C3(C)CCC2C1(C)CC(=O)OC. The van der Waals surface area contributed by atoms with Gasteiger partial charge in [-0.3, -0.25) is 9.59 Å². The summed E-state index contributed by atoms with van der Waals surface area (Å²) in [5, 5.41) is 0. The number of hydrogen-bond acceptors (Lipinski definition) is 7. The van der Waals surface area contributed by atoms with E-state index in [-0.39, 0.29) is 42.3 Å². The fourth-order valence-electron chi connectivity index (χ4n) is 6.06. The third-order valence-electron chi connectivity index (χ3n) is 7.92. The Hall–Kier alpha value is -2.04. The Bertz CT molecular complexity index is 984. The highest BCUT2D eigenvalue weighted by molar-refractivity contribution is 7.87. The zero-order valence-electron chi connectivity index (χ0n) is 19.0. The van der Waals surface area contributed by atoms with Gasteiger partial charge in [0.05, 0.1) is 20.6 Å². The molecule has 7 nitrogen and oxygen atoms in total. The van der Waals surface area contributed by atoms with Crippen molar-refractivity contribution in [3.63, 3.8) is 0 Å². The van der Waals surface area contributed by atoms with Gasteiger partial charge in [0.25, 0.3) is 0 Å². The molecule has 2 saturated carbocycles. The second kappa shape index (κ2) is 8.63. The summed E-state index contributed by atoms with van der Waals surface area (Å²) in [6.45, 7) is 3.64. The molecule has 2 fully saturated rings. The summed E-state index contributed by atoms with van der Waals surface area (Å²) in [6, 6.07) is 0. The molecule has 0 aromatic heterocycles. The van der Waals surface area contributed by atoms with Gasteiger partial charge in [-0.2, -0.15) is 21.6 Å². The van der Waals surface area contributed by atoms with Gasteiger partial charge in [-0.1, -0.05) is 18.6 Å². The summed E-state index contributed by atoms with van der Waals surface area (Å²) in [7, 11) is -3.17. The standard InChI is InChI=1S/C22H29F3O7S/c1-20-10-9-16-14(15(20)7-8-17(20)32-33(28,29)22(23,24)25)6-5-13(11-18(26)30-3)21(16,2)12-19(27)31-4/h7-8,13-14,16H,5-6,9-12H2,1-4H3. The summed E-state index contributed by atoms with van der Waals surface area (Å²) in [4.78, 5) is 24.3. The fraction of sp³-hybridized carbons (Fsp3) is 0.727. The van der Waals surface area contributed by atoms with Crippen molar-refractivity contribution in [2.75, 3.05) is 14.2 Å². The topological polar surface area (TPSA) is 96.0 Å². The van der Waals surface area contributed by atoms with Gasteiger partial charge < -0.3 is 13.7 Å². The van der Waals surface area contributed by atoms with Crippen LogP contribution in [0.5, 0.6) is 0 Å². The van der Waals surface area contributed by atoms with Gasteiger partial charge in [0.1, 0.15) is 5.76 Å². The number of esters is 2. The Morgan fingerprint density at radius 3 is 2.27 bits per heavy atom. The summed E-state index contributed by atoms with van der Waals surface area (Å²) in [5.41, 5.74) is -6.30. The normalized spacial score (nSPS) is 33.8. The van der Waals surface area contributed by atoms with Gasteiger partial charge >= 0.3 is 27.6 Å². The van der Waals surface area contributed by atoms with E-state index in [1.165, 1.54) is 20.3 Å². The first kappa shape index (κ1) is 25.6. The molecule has 0 N–H and O–H groups in total. The van der Waals surface area contributed by atoms with Crippen LogP contribution in [0.1, 0.15) is 52.4 Å². The maximum absolute atomic E-state index is 12.9. The number of fused-ring (bicyclic) bond motifs is 3. The Morgan fingerprint density at radius 1 is 1.06 bits per heavy atom. The van der Waals surface area contributed by atoms with Crippen molar-refractivity contribution >= 4 is 22.1 Å². The van der Waals surface area contributed by atoms with Crippen LogP contribution in [0.25, 0.3) is 0 Å². The Morgan fingerprint density at radius 2 is 1.70 bits per heavy atom. The number of rotatable bonds is 6. The smallest absolute Gasteiger partial charge is 0.469 e. The number of allylic oxidation sites excluding steroid dienone is 3. The average Bonchev–Trinajstić information content (AvgIpc) is 3.04. The van der Waals surface area contributed by atoms with Gasteiger partial charge in [0.2, 0.25) is 0 Å². The minimum atomic E-state index is -5.78. The van der Waals surface area contributed by atoms with Crippen LogP contribution in [0.15, 0.2) is 23.5 Å². The lowest BCUT2D eigenvalue weighted by Gasteiger charge is -2.56. The van der Waals surface area contributed by atoms with E-state index in [0.29, 0.717) is 25.7 Å². The molecule has 0 aromatic rings. The second-order valence-electron chi connectivity index (χ2n) is 9.53. The highest BCUT2D eigenvalue weighted by atomic mass is 32.2. The molecular weight excluding hydrogens is 465 g/mol. The zero-order valence-corrected chi connectivity index (χ0v) is 19.8. The highest BCUT2D eigenvalue weighted by Crippen LogP contribution is 2.64. The van der Waals surface area contributed by atoms with E-state index in [9.17, 15) is 31.2 Å². The predicted molar refractivity (Wildman–Crippen MR) is 111 cm³/mol. The van der Waals surface area contributed by atoms with E-state index in [0.717, 1.165) is 5.57 Å². The lowest BCUT2D eigenvalue weighted by atomic mass is 9.48.